The lowest BCUT2D eigenvalue weighted by molar-refractivity contribution is -0.154. The van der Waals surface area contributed by atoms with Gasteiger partial charge < -0.3 is 20.8 Å². The van der Waals surface area contributed by atoms with E-state index in [1.54, 1.807) is 24.3 Å². The molecule has 0 bridgehead atoms. The number of rotatable bonds is 13. The van der Waals surface area contributed by atoms with Crippen molar-refractivity contribution in [3.05, 3.63) is 35.4 Å². The fourth-order valence-corrected chi connectivity index (χ4v) is 3.90. The number of hydrogen-bond donors (Lipinski definition) is 2. The number of carbonyl (C=O) groups is 5. The second kappa shape index (κ2) is 14.9. The predicted molar refractivity (Wildman–Crippen MR) is 143 cm³/mol. The number of carbonyl (C=O) groups excluding carboxylic acids is 5. The van der Waals surface area contributed by atoms with Crippen LogP contribution in [0.3, 0.4) is 0 Å². The number of imide groups is 1. The van der Waals surface area contributed by atoms with Crippen LogP contribution >= 0.6 is 22.6 Å². The number of esters is 1. The van der Waals surface area contributed by atoms with E-state index in [4.69, 9.17) is 4.74 Å². The molecule has 1 heterocycles. The van der Waals surface area contributed by atoms with Gasteiger partial charge in [-0.3, -0.25) is 28.9 Å². The third-order valence-electron chi connectivity index (χ3n) is 5.30. The SMILES string of the molecule is CC(C)(C)OC(=O)CCCCNC(=O)[C@H](CCCCN1C(=O)c2ccccc2C1=O)NC(=O)CI.O. The Kier molecular flexibility index (Phi) is 13.0. The van der Waals surface area contributed by atoms with Crippen molar-refractivity contribution in [2.24, 2.45) is 0 Å². The molecule has 4 amide bonds. The van der Waals surface area contributed by atoms with Crippen molar-refractivity contribution in [3.63, 3.8) is 0 Å². The molecule has 4 N–H and O–H groups in total. The minimum Gasteiger partial charge on any atom is -0.460 e. The van der Waals surface area contributed by atoms with E-state index in [-0.39, 0.29) is 52.5 Å². The highest BCUT2D eigenvalue weighted by molar-refractivity contribution is 14.1. The molecule has 200 valence electrons. The zero-order valence-corrected chi connectivity index (χ0v) is 23.2. The topological polar surface area (TPSA) is 153 Å². The van der Waals surface area contributed by atoms with Gasteiger partial charge in [-0.05, 0) is 65.0 Å². The van der Waals surface area contributed by atoms with Crippen LogP contribution < -0.4 is 10.6 Å². The minimum absolute atomic E-state index is 0. The summed E-state index contributed by atoms with van der Waals surface area (Å²) < 4.78 is 5.49. The molecular formula is C25H36IN3O7. The Morgan fingerprint density at radius 1 is 1.00 bits per heavy atom. The van der Waals surface area contributed by atoms with E-state index in [0.29, 0.717) is 49.8 Å². The van der Waals surface area contributed by atoms with Crippen molar-refractivity contribution in [3.8, 4) is 0 Å². The first-order valence-electron chi connectivity index (χ1n) is 11.8. The van der Waals surface area contributed by atoms with Crippen molar-refractivity contribution < 1.29 is 34.2 Å². The molecule has 0 saturated carbocycles. The van der Waals surface area contributed by atoms with E-state index in [1.165, 1.54) is 4.90 Å². The molecule has 0 fully saturated rings. The standard InChI is InChI=1S/C25H34IN3O6.H2O/c1-25(2,3)35-21(31)13-6-8-14-27-22(32)19(28-20(30)16-26)12-7-9-15-29-23(33)17-10-4-5-11-18(17)24(29)34;/h4-5,10-11,19H,6-9,12-16H2,1-3H3,(H,27,32)(H,28,30);1H2/t19-;/m0./s1. The van der Waals surface area contributed by atoms with Crippen LogP contribution in [0, 0.1) is 0 Å². The number of hydrogen-bond acceptors (Lipinski definition) is 6. The van der Waals surface area contributed by atoms with Crippen LogP contribution in [0.5, 0.6) is 0 Å². The van der Waals surface area contributed by atoms with Gasteiger partial charge in [0.2, 0.25) is 11.8 Å². The van der Waals surface area contributed by atoms with Crippen LogP contribution in [0.2, 0.25) is 0 Å². The van der Waals surface area contributed by atoms with Crippen LogP contribution in [0.15, 0.2) is 24.3 Å². The number of unbranched alkanes of at least 4 members (excludes halogenated alkanes) is 2. The monoisotopic (exact) mass is 617 g/mol. The number of alkyl halides is 1. The van der Waals surface area contributed by atoms with Gasteiger partial charge in [-0.15, -0.1) is 0 Å². The van der Waals surface area contributed by atoms with E-state index >= 15 is 0 Å². The Labute approximate surface area is 225 Å². The highest BCUT2D eigenvalue weighted by atomic mass is 127. The minimum atomic E-state index is -0.703. The Morgan fingerprint density at radius 2 is 1.61 bits per heavy atom. The van der Waals surface area contributed by atoms with Crippen molar-refractivity contribution in [2.75, 3.05) is 17.5 Å². The lowest BCUT2D eigenvalue weighted by Crippen LogP contribution is -2.47. The number of fused-ring (bicyclic) bond motifs is 1. The molecule has 0 saturated heterocycles. The van der Waals surface area contributed by atoms with Gasteiger partial charge in [0.1, 0.15) is 11.6 Å². The third kappa shape index (κ3) is 9.84. The average molecular weight is 617 g/mol. The number of nitrogens with one attached hydrogen (secondary N) is 2. The summed E-state index contributed by atoms with van der Waals surface area (Å²) in [6.45, 7) is 6.08. The van der Waals surface area contributed by atoms with Gasteiger partial charge in [0.15, 0.2) is 0 Å². The second-order valence-electron chi connectivity index (χ2n) is 9.39. The number of benzene rings is 1. The van der Waals surface area contributed by atoms with Gasteiger partial charge in [0.05, 0.1) is 15.6 Å². The van der Waals surface area contributed by atoms with E-state index in [1.807, 2.05) is 43.4 Å². The van der Waals surface area contributed by atoms with Crippen molar-refractivity contribution in [1.82, 2.24) is 15.5 Å². The molecule has 0 aliphatic carbocycles. The maximum atomic E-state index is 12.6. The van der Waals surface area contributed by atoms with Gasteiger partial charge in [0, 0.05) is 19.5 Å². The molecule has 1 aromatic carbocycles. The molecule has 1 aliphatic heterocycles. The Balaban J connectivity index is 0.00000648. The fourth-order valence-electron chi connectivity index (χ4n) is 3.68. The van der Waals surface area contributed by atoms with Gasteiger partial charge in [-0.1, -0.05) is 34.7 Å². The summed E-state index contributed by atoms with van der Waals surface area (Å²) in [4.78, 5) is 62.5. The van der Waals surface area contributed by atoms with Gasteiger partial charge in [0.25, 0.3) is 11.8 Å². The summed E-state index contributed by atoms with van der Waals surface area (Å²) in [5.41, 5.74) is 0.306. The molecule has 11 heteroatoms. The molecule has 0 radical (unpaired) electrons. The van der Waals surface area contributed by atoms with E-state index in [9.17, 15) is 24.0 Å². The summed E-state index contributed by atoms with van der Waals surface area (Å²) in [5.74, 6) is -1.40. The smallest absolute Gasteiger partial charge is 0.306 e. The Hall–Kier alpha value is -2.54. The highest BCUT2D eigenvalue weighted by Gasteiger charge is 2.34. The first-order valence-corrected chi connectivity index (χ1v) is 13.4. The maximum absolute atomic E-state index is 12.6. The average Bonchev–Trinajstić information content (AvgIpc) is 3.04. The van der Waals surface area contributed by atoms with Crippen LogP contribution in [0.1, 0.15) is 80.0 Å². The first kappa shape index (κ1) is 31.5. The maximum Gasteiger partial charge on any atom is 0.306 e. The van der Waals surface area contributed by atoms with Gasteiger partial charge in [-0.25, -0.2) is 0 Å². The summed E-state index contributed by atoms with van der Waals surface area (Å²) in [5, 5.41) is 5.55. The van der Waals surface area contributed by atoms with E-state index in [0.717, 1.165) is 0 Å². The molecule has 36 heavy (non-hydrogen) atoms. The Bertz CT molecular complexity index is 911. The highest BCUT2D eigenvalue weighted by Crippen LogP contribution is 2.22. The number of ether oxygens (including phenoxy) is 1. The summed E-state index contributed by atoms with van der Waals surface area (Å²) in [6, 6.07) is 6.03. The summed E-state index contributed by atoms with van der Waals surface area (Å²) in [7, 11) is 0. The largest absolute Gasteiger partial charge is 0.460 e. The molecule has 1 aromatic rings. The third-order valence-corrected chi connectivity index (χ3v) is 6.00. The quantitative estimate of drug-likeness (QED) is 0.114. The normalized spacial score (nSPS) is 13.5. The molecule has 1 atom stereocenters. The van der Waals surface area contributed by atoms with Crippen molar-refractivity contribution >= 4 is 52.2 Å². The van der Waals surface area contributed by atoms with Crippen LogP contribution in [-0.2, 0) is 19.1 Å². The lowest BCUT2D eigenvalue weighted by atomic mass is 10.1. The number of halogens is 1. The van der Waals surface area contributed by atoms with E-state index < -0.39 is 11.6 Å². The molecule has 2 rings (SSSR count). The van der Waals surface area contributed by atoms with Crippen LogP contribution in [0.25, 0.3) is 0 Å². The predicted octanol–water partition coefficient (Wildman–Crippen LogP) is 2.18. The summed E-state index contributed by atoms with van der Waals surface area (Å²) in [6.07, 6.45) is 2.92. The molecule has 10 nitrogen and oxygen atoms in total. The molecule has 0 unspecified atom stereocenters. The van der Waals surface area contributed by atoms with Crippen molar-refractivity contribution in [1.29, 1.82) is 0 Å². The van der Waals surface area contributed by atoms with Crippen LogP contribution in [0.4, 0.5) is 0 Å². The molecular weight excluding hydrogens is 581 g/mol. The first-order chi connectivity index (χ1) is 16.5. The summed E-state index contributed by atoms with van der Waals surface area (Å²) >= 11 is 1.93. The number of amides is 4. The zero-order chi connectivity index (χ0) is 26.0. The lowest BCUT2D eigenvalue weighted by Gasteiger charge is -2.20. The molecule has 0 aromatic heterocycles. The Morgan fingerprint density at radius 3 is 2.17 bits per heavy atom. The number of nitrogens with zero attached hydrogens (tertiary/aromatic N) is 1. The molecule has 0 spiro atoms. The zero-order valence-electron chi connectivity index (χ0n) is 21.0. The van der Waals surface area contributed by atoms with Crippen molar-refractivity contribution in [2.45, 2.75) is 70.9 Å². The van der Waals surface area contributed by atoms with Crippen LogP contribution in [-0.4, -0.2) is 69.1 Å². The van der Waals surface area contributed by atoms with E-state index in [2.05, 4.69) is 10.6 Å². The van der Waals surface area contributed by atoms with Gasteiger partial charge in [-0.2, -0.15) is 0 Å². The second-order valence-corrected chi connectivity index (χ2v) is 10.2. The van der Waals surface area contributed by atoms with Gasteiger partial charge >= 0.3 is 5.97 Å². The molecule has 1 aliphatic rings. The fraction of sp³-hybridized carbons (Fsp3) is 0.560.